The molecule has 0 bridgehead atoms. The van der Waals surface area contributed by atoms with Crippen LogP contribution in [0.2, 0.25) is 0 Å². The van der Waals surface area contributed by atoms with E-state index in [1.165, 1.54) is 22.4 Å². The predicted octanol–water partition coefficient (Wildman–Crippen LogP) is 2.67. The zero-order valence-electron chi connectivity index (χ0n) is 19.3. The second-order valence-corrected chi connectivity index (χ2v) is 9.81. The Hall–Kier alpha value is -3.70. The predicted molar refractivity (Wildman–Crippen MR) is 133 cm³/mol. The van der Waals surface area contributed by atoms with Crippen LogP contribution in [0.4, 0.5) is 9.52 Å². The van der Waals surface area contributed by atoms with Gasteiger partial charge in [0.1, 0.15) is 18.3 Å². The monoisotopic (exact) mass is 508 g/mol. The van der Waals surface area contributed by atoms with Gasteiger partial charge < -0.3 is 21.3 Å². The highest BCUT2D eigenvalue weighted by molar-refractivity contribution is 7.14. The van der Waals surface area contributed by atoms with Crippen molar-refractivity contribution in [2.24, 2.45) is 5.73 Å². The average Bonchev–Trinajstić information content (AvgIpc) is 3.43. The number of aromatic nitrogens is 2. The van der Waals surface area contributed by atoms with E-state index in [1.807, 2.05) is 0 Å². The number of halogens is 1. The lowest BCUT2D eigenvalue weighted by Gasteiger charge is -2.26. The van der Waals surface area contributed by atoms with Gasteiger partial charge in [-0.3, -0.25) is 19.4 Å². The summed E-state index contributed by atoms with van der Waals surface area (Å²) in [6.45, 7) is -0.200. The molecule has 2 aromatic heterocycles. The van der Waals surface area contributed by atoms with Crippen molar-refractivity contribution in [3.8, 4) is 11.3 Å². The lowest BCUT2D eigenvalue weighted by atomic mass is 10.1. The molecule has 186 valence electrons. The molecule has 0 unspecified atom stereocenters. The molecule has 1 aliphatic carbocycles. The third kappa shape index (κ3) is 5.26. The fourth-order valence-corrected chi connectivity index (χ4v) is 4.82. The van der Waals surface area contributed by atoms with E-state index in [0.29, 0.717) is 22.0 Å². The third-order valence-electron chi connectivity index (χ3n) is 6.24. The number of nitrogens with two attached hydrogens (primary N) is 1. The minimum absolute atomic E-state index is 0.0969. The largest absolute Gasteiger partial charge is 0.349 e. The van der Waals surface area contributed by atoms with Crippen molar-refractivity contribution < 1.29 is 18.8 Å². The van der Waals surface area contributed by atoms with Gasteiger partial charge in [0.05, 0.1) is 12.2 Å². The summed E-state index contributed by atoms with van der Waals surface area (Å²) in [5.41, 5.74) is 8.57. The van der Waals surface area contributed by atoms with Gasteiger partial charge in [-0.25, -0.2) is 9.37 Å². The summed E-state index contributed by atoms with van der Waals surface area (Å²) >= 11 is 1.22. The number of alkyl halides is 1. The van der Waals surface area contributed by atoms with Crippen LogP contribution in [-0.4, -0.2) is 57.4 Å². The number of amides is 3. The van der Waals surface area contributed by atoms with Crippen LogP contribution in [0.25, 0.3) is 11.3 Å². The quantitative estimate of drug-likeness (QED) is 0.450. The summed E-state index contributed by atoms with van der Waals surface area (Å²) in [5.74, 6) is -1.15. The van der Waals surface area contributed by atoms with Crippen LogP contribution in [0.15, 0.2) is 54.2 Å². The van der Waals surface area contributed by atoms with Crippen molar-refractivity contribution in [3.63, 3.8) is 0 Å². The van der Waals surface area contributed by atoms with Crippen molar-refractivity contribution in [2.75, 3.05) is 11.9 Å². The van der Waals surface area contributed by atoms with Crippen molar-refractivity contribution in [3.05, 3.63) is 65.3 Å². The molecule has 3 aromatic rings. The highest BCUT2D eigenvalue weighted by Gasteiger charge is 2.41. The molecule has 2 fully saturated rings. The van der Waals surface area contributed by atoms with Crippen LogP contribution in [-0.2, 0) is 9.59 Å². The van der Waals surface area contributed by atoms with E-state index in [9.17, 15) is 18.8 Å². The second kappa shape index (κ2) is 10.1. The van der Waals surface area contributed by atoms with Gasteiger partial charge in [-0.05, 0) is 36.6 Å². The molecule has 1 saturated heterocycles. The third-order valence-corrected chi connectivity index (χ3v) is 6.99. The van der Waals surface area contributed by atoms with E-state index in [-0.39, 0.29) is 24.9 Å². The number of hydrogen-bond donors (Lipinski definition) is 3. The average molecular weight is 509 g/mol. The molecule has 11 heteroatoms. The Morgan fingerprint density at radius 3 is 2.64 bits per heavy atom. The lowest BCUT2D eigenvalue weighted by Crippen LogP contribution is -2.46. The minimum atomic E-state index is -1.33. The summed E-state index contributed by atoms with van der Waals surface area (Å²) in [6, 6.07) is 8.64. The van der Waals surface area contributed by atoms with E-state index in [1.54, 1.807) is 48.0 Å². The Morgan fingerprint density at radius 2 is 1.94 bits per heavy atom. The van der Waals surface area contributed by atoms with E-state index >= 15 is 0 Å². The van der Waals surface area contributed by atoms with Gasteiger partial charge in [0, 0.05) is 41.4 Å². The Kier molecular flexibility index (Phi) is 6.75. The minimum Gasteiger partial charge on any atom is -0.349 e. The van der Waals surface area contributed by atoms with Crippen molar-refractivity contribution in [1.29, 1.82) is 0 Å². The van der Waals surface area contributed by atoms with Crippen LogP contribution in [0, 0.1) is 0 Å². The molecule has 0 spiro atoms. The maximum absolute atomic E-state index is 14.3. The molecule has 3 heterocycles. The lowest BCUT2D eigenvalue weighted by molar-refractivity contribution is -0.138. The molecular weight excluding hydrogens is 483 g/mol. The fraction of sp³-hybridized carbons (Fsp3) is 0.320. The standard InChI is InChI=1S/C25H25FN6O3S/c26-17-10-20(32(12-17)24(35)21(27)16-2-1-9-28-11-16)23(34)31-25-30-19(13-36-25)14-3-5-15(6-4-14)22(33)29-18-7-8-18/h1-6,9,11,13,17-18,20-21H,7-8,10,12,27H2,(H,29,33)(H,30,31,34)/t17-,20-,21+/m0/s1. The number of carbonyl (C=O) groups excluding carboxylic acids is 3. The molecule has 3 atom stereocenters. The molecule has 36 heavy (non-hydrogen) atoms. The van der Waals surface area contributed by atoms with Crippen molar-refractivity contribution in [2.45, 2.75) is 43.6 Å². The van der Waals surface area contributed by atoms with Crippen molar-refractivity contribution in [1.82, 2.24) is 20.2 Å². The van der Waals surface area contributed by atoms with Gasteiger partial charge in [0.2, 0.25) is 11.8 Å². The number of anilines is 1. The number of nitrogens with zero attached hydrogens (tertiary/aromatic N) is 3. The van der Waals surface area contributed by atoms with Crippen LogP contribution >= 0.6 is 11.3 Å². The summed E-state index contributed by atoms with van der Waals surface area (Å²) in [5, 5.41) is 7.76. The van der Waals surface area contributed by atoms with Crippen LogP contribution < -0.4 is 16.4 Å². The number of nitrogens with one attached hydrogen (secondary N) is 2. The molecule has 5 rings (SSSR count). The van der Waals surface area contributed by atoms with E-state index in [0.717, 1.165) is 18.4 Å². The number of rotatable bonds is 7. The first-order valence-corrected chi connectivity index (χ1v) is 12.5. The Labute approximate surface area is 210 Å². The SMILES string of the molecule is N[C@@H](C(=O)N1C[C@@H](F)C[C@H]1C(=O)Nc1nc(-c2ccc(C(=O)NC3CC3)cc2)cs1)c1cccnc1. The van der Waals surface area contributed by atoms with Gasteiger partial charge in [-0.15, -0.1) is 11.3 Å². The fourth-order valence-electron chi connectivity index (χ4n) is 4.10. The van der Waals surface area contributed by atoms with Gasteiger partial charge in [0.15, 0.2) is 5.13 Å². The van der Waals surface area contributed by atoms with E-state index in [4.69, 9.17) is 5.73 Å². The summed E-state index contributed by atoms with van der Waals surface area (Å²) in [6.07, 6.45) is 3.64. The molecule has 1 saturated carbocycles. The molecular formula is C25H25FN6O3S. The number of thiazole rings is 1. The maximum atomic E-state index is 14.3. The van der Waals surface area contributed by atoms with Crippen LogP contribution in [0.3, 0.4) is 0 Å². The Bertz CT molecular complexity index is 1260. The first-order valence-electron chi connectivity index (χ1n) is 11.7. The van der Waals surface area contributed by atoms with Crippen molar-refractivity contribution >= 4 is 34.2 Å². The molecule has 1 aromatic carbocycles. The van der Waals surface area contributed by atoms with Gasteiger partial charge in [0.25, 0.3) is 5.91 Å². The number of likely N-dealkylation sites (tertiary alicyclic amines) is 1. The smallest absolute Gasteiger partial charge is 0.251 e. The number of hydrogen-bond acceptors (Lipinski definition) is 7. The first-order chi connectivity index (χ1) is 17.4. The van der Waals surface area contributed by atoms with Gasteiger partial charge in [-0.2, -0.15) is 0 Å². The maximum Gasteiger partial charge on any atom is 0.251 e. The Balaban J connectivity index is 1.24. The first kappa shape index (κ1) is 24.0. The summed E-state index contributed by atoms with van der Waals surface area (Å²) in [7, 11) is 0. The number of pyridine rings is 1. The molecule has 2 aliphatic rings. The topological polar surface area (TPSA) is 130 Å². The zero-order chi connectivity index (χ0) is 25.2. The molecule has 3 amide bonds. The second-order valence-electron chi connectivity index (χ2n) is 8.96. The Morgan fingerprint density at radius 1 is 1.17 bits per heavy atom. The van der Waals surface area contributed by atoms with Crippen LogP contribution in [0.5, 0.6) is 0 Å². The zero-order valence-corrected chi connectivity index (χ0v) is 20.1. The van der Waals surface area contributed by atoms with Gasteiger partial charge >= 0.3 is 0 Å². The van der Waals surface area contributed by atoms with E-state index < -0.39 is 30.1 Å². The molecule has 1 aliphatic heterocycles. The molecule has 0 radical (unpaired) electrons. The summed E-state index contributed by atoms with van der Waals surface area (Å²) < 4.78 is 14.3. The van der Waals surface area contributed by atoms with E-state index in [2.05, 4.69) is 20.6 Å². The highest BCUT2D eigenvalue weighted by Crippen LogP contribution is 2.28. The summed E-state index contributed by atoms with van der Waals surface area (Å²) in [4.78, 5) is 47.7. The molecule has 4 N–H and O–H groups in total. The van der Waals surface area contributed by atoms with Gasteiger partial charge in [-0.1, -0.05) is 18.2 Å². The highest BCUT2D eigenvalue weighted by atomic mass is 32.1. The van der Waals surface area contributed by atoms with Crippen LogP contribution in [0.1, 0.15) is 41.2 Å². The normalized spacial score (nSPS) is 20.1. The molecule has 9 nitrogen and oxygen atoms in total. The number of carbonyl (C=O) groups is 3. The number of benzene rings is 1.